The summed E-state index contributed by atoms with van der Waals surface area (Å²) in [7, 11) is 0. The zero-order chi connectivity index (χ0) is 30.6. The van der Waals surface area contributed by atoms with Crippen molar-refractivity contribution in [3.63, 3.8) is 0 Å². The van der Waals surface area contributed by atoms with Crippen LogP contribution in [0.25, 0.3) is 11.1 Å². The van der Waals surface area contributed by atoms with Gasteiger partial charge in [0.1, 0.15) is 0 Å². The summed E-state index contributed by atoms with van der Waals surface area (Å²) in [5, 5.41) is 0. The van der Waals surface area contributed by atoms with Crippen molar-refractivity contribution in [2.45, 2.75) is 135 Å². The average molecular weight is 537 g/mol. The number of hydrogen-bond acceptors (Lipinski definition) is 1. The summed E-state index contributed by atoms with van der Waals surface area (Å²) in [4.78, 5) is 10.6. The van der Waals surface area contributed by atoms with Crippen molar-refractivity contribution >= 4 is 5.78 Å². The Bertz CT molecular complexity index is 895. The lowest BCUT2D eigenvalue weighted by atomic mass is 9.95. The van der Waals surface area contributed by atoms with Gasteiger partial charge in [-0.15, -0.1) is 0 Å². The molecule has 0 heterocycles. The molecule has 2 aromatic carbocycles. The average Bonchev–Trinajstić information content (AvgIpc) is 2.95. The van der Waals surface area contributed by atoms with E-state index in [-0.39, 0.29) is 5.78 Å². The number of rotatable bonds is 10. The quantitative estimate of drug-likeness (QED) is 0.218. The molecule has 0 aromatic heterocycles. The number of carbonyl (C=O) groups excluding carboxylic acids is 1. The second-order valence-corrected chi connectivity index (χ2v) is 9.44. The first-order valence-electron chi connectivity index (χ1n) is 15.8. The van der Waals surface area contributed by atoms with Crippen LogP contribution in [0.4, 0.5) is 0 Å². The Labute approximate surface area is 245 Å². The van der Waals surface area contributed by atoms with Crippen LogP contribution in [0.15, 0.2) is 66.3 Å². The van der Waals surface area contributed by atoms with E-state index in [0.717, 1.165) is 17.9 Å². The molecule has 0 fully saturated rings. The first kappa shape index (κ1) is 41.1. The fraction of sp³-hybridized carbons (Fsp3) is 0.553. The van der Waals surface area contributed by atoms with Crippen LogP contribution in [-0.4, -0.2) is 5.78 Å². The number of benzene rings is 2. The SMILES string of the molecule is C/C=C\C(=C/C)C(C)=O.CC.CC.CCCC(C)CCC.CCCc1cccc(-c2cc(CC)ccc2C)c1. The van der Waals surface area contributed by atoms with Crippen LogP contribution in [0.1, 0.15) is 132 Å². The van der Waals surface area contributed by atoms with Crippen molar-refractivity contribution in [1.29, 1.82) is 0 Å². The number of hydrogen-bond donors (Lipinski definition) is 0. The molecule has 0 saturated carbocycles. The molecule has 0 bridgehead atoms. The number of allylic oxidation sites excluding steroid dienone is 4. The molecule has 39 heavy (non-hydrogen) atoms. The van der Waals surface area contributed by atoms with Gasteiger partial charge in [0, 0.05) is 5.57 Å². The Hall–Kier alpha value is -2.41. The molecule has 0 saturated heterocycles. The molecule has 0 amide bonds. The lowest BCUT2D eigenvalue weighted by molar-refractivity contribution is -0.113. The minimum Gasteiger partial charge on any atom is -0.295 e. The van der Waals surface area contributed by atoms with E-state index in [1.54, 1.807) is 6.92 Å². The number of ketones is 1. The highest BCUT2D eigenvalue weighted by Gasteiger charge is 2.04. The Morgan fingerprint density at radius 2 is 1.41 bits per heavy atom. The van der Waals surface area contributed by atoms with Crippen molar-refractivity contribution in [3.8, 4) is 11.1 Å². The maximum absolute atomic E-state index is 10.6. The van der Waals surface area contributed by atoms with Gasteiger partial charge in [-0.1, -0.05) is 155 Å². The maximum Gasteiger partial charge on any atom is 0.159 e. The predicted octanol–water partition coefficient (Wildman–Crippen LogP) is 12.5. The van der Waals surface area contributed by atoms with Gasteiger partial charge in [0.15, 0.2) is 5.78 Å². The molecule has 1 nitrogen and oxygen atoms in total. The number of carbonyl (C=O) groups is 1. The molecule has 222 valence electrons. The number of Topliss-reactive ketones (excluding diaryl/α,β-unsaturated/α-hetero) is 1. The summed E-state index contributed by atoms with van der Waals surface area (Å²) in [5.74, 6) is 1.08. The molecule has 2 aromatic rings. The summed E-state index contributed by atoms with van der Waals surface area (Å²) in [6.07, 6.45) is 14.5. The highest BCUT2D eigenvalue weighted by atomic mass is 16.1. The normalized spacial score (nSPS) is 10.3. The standard InChI is InChI=1S/C18H22.C8H12O.C8H18.2C2H6/c1-4-7-16-8-6-9-17(12-16)18-13-15(5-2)11-10-14(18)3;1-4-6-8(5-2)7(3)9;1-4-6-8(3)7-5-2;2*1-2/h6,8-13H,4-5,7H2,1-3H3;4-6H,1-3H3;8H,4-7H2,1-3H3;2*1-2H3/b;6-4-,8-5+;;;. The van der Waals surface area contributed by atoms with Crippen LogP contribution in [0.2, 0.25) is 0 Å². The molecule has 0 N–H and O–H groups in total. The molecular formula is C38H64O. The van der Waals surface area contributed by atoms with Gasteiger partial charge >= 0.3 is 0 Å². The zero-order valence-electron chi connectivity index (χ0n) is 28.2. The van der Waals surface area contributed by atoms with Crippen molar-refractivity contribution in [2.75, 3.05) is 0 Å². The fourth-order valence-corrected chi connectivity index (χ4v) is 4.11. The van der Waals surface area contributed by atoms with Crippen LogP contribution >= 0.6 is 0 Å². The summed E-state index contributed by atoms with van der Waals surface area (Å²) >= 11 is 0. The van der Waals surface area contributed by atoms with Gasteiger partial charge in [0.2, 0.25) is 0 Å². The van der Waals surface area contributed by atoms with Gasteiger partial charge in [-0.05, 0) is 74.3 Å². The van der Waals surface area contributed by atoms with Crippen molar-refractivity contribution < 1.29 is 4.79 Å². The van der Waals surface area contributed by atoms with Gasteiger partial charge in [-0.3, -0.25) is 4.79 Å². The summed E-state index contributed by atoms with van der Waals surface area (Å²) in [5.41, 5.74) is 7.73. The van der Waals surface area contributed by atoms with Gasteiger partial charge in [-0.2, -0.15) is 0 Å². The Kier molecular flexibility index (Phi) is 30.1. The van der Waals surface area contributed by atoms with E-state index >= 15 is 0 Å². The third-order valence-corrected chi connectivity index (χ3v) is 6.11. The monoisotopic (exact) mass is 536 g/mol. The van der Waals surface area contributed by atoms with E-state index in [1.807, 2.05) is 59.8 Å². The molecule has 0 spiro atoms. The third-order valence-electron chi connectivity index (χ3n) is 6.11. The lowest BCUT2D eigenvalue weighted by Crippen LogP contribution is -1.91. The van der Waals surface area contributed by atoms with Crippen LogP contribution < -0.4 is 0 Å². The van der Waals surface area contributed by atoms with Crippen LogP contribution in [0.3, 0.4) is 0 Å². The molecule has 0 aliphatic carbocycles. The highest BCUT2D eigenvalue weighted by molar-refractivity contribution is 5.95. The first-order chi connectivity index (χ1) is 18.8. The van der Waals surface area contributed by atoms with E-state index in [2.05, 4.69) is 84.0 Å². The van der Waals surface area contributed by atoms with E-state index in [4.69, 9.17) is 0 Å². The minimum absolute atomic E-state index is 0.121. The van der Waals surface area contributed by atoms with Crippen molar-refractivity contribution in [2.24, 2.45) is 5.92 Å². The summed E-state index contributed by atoms with van der Waals surface area (Å²) < 4.78 is 0. The van der Waals surface area contributed by atoms with Gasteiger partial charge < -0.3 is 0 Å². The van der Waals surface area contributed by atoms with E-state index in [9.17, 15) is 4.79 Å². The zero-order valence-corrected chi connectivity index (χ0v) is 28.2. The molecule has 0 radical (unpaired) electrons. The summed E-state index contributed by atoms with van der Waals surface area (Å²) in [6, 6.07) is 15.8. The van der Waals surface area contributed by atoms with Gasteiger partial charge in [-0.25, -0.2) is 0 Å². The third kappa shape index (κ3) is 20.2. The molecule has 0 atom stereocenters. The van der Waals surface area contributed by atoms with E-state index in [1.165, 1.54) is 66.3 Å². The topological polar surface area (TPSA) is 17.1 Å². The van der Waals surface area contributed by atoms with Crippen molar-refractivity contribution in [3.05, 3.63) is 83.0 Å². The minimum atomic E-state index is 0.121. The first-order valence-corrected chi connectivity index (χ1v) is 15.8. The second-order valence-electron chi connectivity index (χ2n) is 9.44. The summed E-state index contributed by atoms with van der Waals surface area (Å²) in [6.45, 7) is 26.8. The Balaban J connectivity index is -0.000000522. The molecule has 0 aliphatic rings. The molecule has 1 heteroatoms. The highest BCUT2D eigenvalue weighted by Crippen LogP contribution is 2.26. The largest absolute Gasteiger partial charge is 0.295 e. The molecular weight excluding hydrogens is 472 g/mol. The van der Waals surface area contributed by atoms with E-state index < -0.39 is 0 Å². The molecule has 0 unspecified atom stereocenters. The lowest BCUT2D eigenvalue weighted by Gasteiger charge is -2.10. The van der Waals surface area contributed by atoms with Gasteiger partial charge in [0.05, 0.1) is 0 Å². The molecule has 0 aliphatic heterocycles. The Morgan fingerprint density at radius 3 is 1.82 bits per heavy atom. The van der Waals surface area contributed by atoms with Crippen molar-refractivity contribution in [1.82, 2.24) is 0 Å². The van der Waals surface area contributed by atoms with Crippen LogP contribution in [0, 0.1) is 12.8 Å². The van der Waals surface area contributed by atoms with E-state index in [0.29, 0.717) is 0 Å². The molecule has 2 rings (SSSR count). The second kappa shape index (κ2) is 28.6. The fourth-order valence-electron chi connectivity index (χ4n) is 4.11. The smallest absolute Gasteiger partial charge is 0.159 e. The van der Waals surface area contributed by atoms with Crippen LogP contribution in [0.5, 0.6) is 0 Å². The van der Waals surface area contributed by atoms with Crippen LogP contribution in [-0.2, 0) is 17.6 Å². The maximum atomic E-state index is 10.6. The number of aryl methyl sites for hydroxylation is 3. The predicted molar refractivity (Wildman–Crippen MR) is 181 cm³/mol. The van der Waals surface area contributed by atoms with Gasteiger partial charge in [0.25, 0.3) is 0 Å². The Morgan fingerprint density at radius 1 is 0.821 bits per heavy atom.